The van der Waals surface area contributed by atoms with Gasteiger partial charge in [-0.25, -0.2) is 0 Å². The maximum atomic E-state index is 12.1. The van der Waals surface area contributed by atoms with E-state index >= 15 is 0 Å². The number of nitrogens with zero attached hydrogens (tertiary/aromatic N) is 4. The summed E-state index contributed by atoms with van der Waals surface area (Å²) in [6.45, 7) is 2.33. The van der Waals surface area contributed by atoms with Gasteiger partial charge < -0.3 is 5.32 Å². The van der Waals surface area contributed by atoms with E-state index in [0.717, 1.165) is 15.7 Å². The minimum absolute atomic E-state index is 0.0237. The average Bonchev–Trinajstić information content (AvgIpc) is 3.08. The first-order valence-electron chi connectivity index (χ1n) is 7.97. The van der Waals surface area contributed by atoms with E-state index in [1.807, 2.05) is 31.2 Å². The summed E-state index contributed by atoms with van der Waals surface area (Å²) >= 11 is 3.43. The highest BCUT2D eigenvalue weighted by Crippen LogP contribution is 2.15. The van der Waals surface area contributed by atoms with Crippen LogP contribution in [-0.2, 0) is 17.8 Å². The molecule has 0 aliphatic carbocycles. The third-order valence-electron chi connectivity index (χ3n) is 3.79. The molecule has 2 aromatic carbocycles. The molecule has 0 atom stereocenters. The number of rotatable bonds is 6. The molecule has 0 spiro atoms. The highest BCUT2D eigenvalue weighted by atomic mass is 79.9. The SMILES string of the molecule is Cc1ccc(CCC(=O)NCc2nnnn2-c2cccc(Br)c2)cc1. The fraction of sp³-hybridized carbons (Fsp3) is 0.222. The molecule has 1 N–H and O–H groups in total. The van der Waals surface area contributed by atoms with E-state index in [-0.39, 0.29) is 12.5 Å². The number of benzene rings is 2. The Morgan fingerprint density at radius 2 is 2.00 bits per heavy atom. The smallest absolute Gasteiger partial charge is 0.220 e. The van der Waals surface area contributed by atoms with E-state index in [2.05, 4.69) is 61.0 Å². The van der Waals surface area contributed by atoms with E-state index in [4.69, 9.17) is 0 Å². The van der Waals surface area contributed by atoms with Gasteiger partial charge in [-0.15, -0.1) is 5.10 Å². The summed E-state index contributed by atoms with van der Waals surface area (Å²) in [5, 5.41) is 14.6. The largest absolute Gasteiger partial charge is 0.349 e. The first kappa shape index (κ1) is 17.3. The number of halogens is 1. The van der Waals surface area contributed by atoms with Crippen molar-refractivity contribution in [3.8, 4) is 5.69 Å². The second-order valence-corrected chi connectivity index (χ2v) is 6.66. The van der Waals surface area contributed by atoms with Crippen molar-refractivity contribution in [1.82, 2.24) is 25.5 Å². The molecule has 25 heavy (non-hydrogen) atoms. The molecule has 0 unspecified atom stereocenters. The number of nitrogens with one attached hydrogen (secondary N) is 1. The molecule has 1 heterocycles. The topological polar surface area (TPSA) is 72.7 Å². The molecule has 0 saturated carbocycles. The lowest BCUT2D eigenvalue weighted by molar-refractivity contribution is -0.121. The van der Waals surface area contributed by atoms with Crippen molar-refractivity contribution in [2.24, 2.45) is 0 Å². The maximum absolute atomic E-state index is 12.1. The maximum Gasteiger partial charge on any atom is 0.220 e. The van der Waals surface area contributed by atoms with Crippen LogP contribution in [0.25, 0.3) is 5.69 Å². The van der Waals surface area contributed by atoms with Crippen LogP contribution in [0.3, 0.4) is 0 Å². The summed E-state index contributed by atoms with van der Waals surface area (Å²) in [7, 11) is 0. The number of aryl methyl sites for hydroxylation is 2. The van der Waals surface area contributed by atoms with Gasteiger partial charge in [-0.05, 0) is 47.5 Å². The zero-order chi connectivity index (χ0) is 17.6. The number of hydrogen-bond acceptors (Lipinski definition) is 4. The summed E-state index contributed by atoms with van der Waals surface area (Å²) in [4.78, 5) is 12.1. The van der Waals surface area contributed by atoms with Crippen molar-refractivity contribution >= 4 is 21.8 Å². The molecule has 1 aromatic heterocycles. The molecule has 0 radical (unpaired) electrons. The van der Waals surface area contributed by atoms with Crippen LogP contribution in [0.5, 0.6) is 0 Å². The van der Waals surface area contributed by atoms with Crippen LogP contribution in [0.4, 0.5) is 0 Å². The zero-order valence-corrected chi connectivity index (χ0v) is 15.4. The van der Waals surface area contributed by atoms with Gasteiger partial charge in [0.2, 0.25) is 5.91 Å². The van der Waals surface area contributed by atoms with E-state index in [1.165, 1.54) is 5.56 Å². The van der Waals surface area contributed by atoms with Gasteiger partial charge in [0.05, 0.1) is 12.2 Å². The molecule has 0 aliphatic rings. The quantitative estimate of drug-likeness (QED) is 0.691. The Labute approximate surface area is 154 Å². The molecule has 128 valence electrons. The lowest BCUT2D eigenvalue weighted by Gasteiger charge is -2.07. The fourth-order valence-corrected chi connectivity index (χ4v) is 2.79. The van der Waals surface area contributed by atoms with Crippen LogP contribution in [0.2, 0.25) is 0 Å². The first-order valence-corrected chi connectivity index (χ1v) is 8.76. The van der Waals surface area contributed by atoms with Crippen molar-refractivity contribution in [2.75, 3.05) is 0 Å². The van der Waals surface area contributed by atoms with Gasteiger partial charge in [0, 0.05) is 10.9 Å². The molecule has 0 bridgehead atoms. The molecule has 0 aliphatic heterocycles. The molecular weight excluding hydrogens is 382 g/mol. The number of hydrogen-bond donors (Lipinski definition) is 1. The van der Waals surface area contributed by atoms with Crippen LogP contribution in [0.1, 0.15) is 23.4 Å². The second kappa shape index (κ2) is 8.02. The first-order chi connectivity index (χ1) is 12.1. The molecule has 0 fully saturated rings. The molecule has 0 saturated heterocycles. The zero-order valence-electron chi connectivity index (χ0n) is 13.8. The van der Waals surface area contributed by atoms with E-state index in [1.54, 1.807) is 4.68 Å². The van der Waals surface area contributed by atoms with Crippen LogP contribution in [0, 0.1) is 6.92 Å². The third-order valence-corrected chi connectivity index (χ3v) is 4.29. The predicted octanol–water partition coefficient (Wildman–Crippen LogP) is 2.98. The number of aromatic nitrogens is 4. The van der Waals surface area contributed by atoms with Gasteiger partial charge in [0.15, 0.2) is 5.82 Å². The standard InChI is InChI=1S/C18H18BrN5O/c1-13-5-7-14(8-6-13)9-10-18(25)20-12-17-21-22-23-24(17)16-4-2-3-15(19)11-16/h2-8,11H,9-10,12H2,1H3,(H,20,25). The molecule has 3 aromatic rings. The highest BCUT2D eigenvalue weighted by molar-refractivity contribution is 9.10. The Morgan fingerprint density at radius 3 is 2.76 bits per heavy atom. The molecule has 1 amide bonds. The Balaban J connectivity index is 1.56. The lowest BCUT2D eigenvalue weighted by Crippen LogP contribution is -2.25. The van der Waals surface area contributed by atoms with Crippen molar-refractivity contribution < 1.29 is 4.79 Å². The van der Waals surface area contributed by atoms with Crippen molar-refractivity contribution in [3.05, 3.63) is 70.0 Å². The third kappa shape index (κ3) is 4.73. The van der Waals surface area contributed by atoms with Crippen LogP contribution >= 0.6 is 15.9 Å². The number of carbonyl (C=O) groups is 1. The van der Waals surface area contributed by atoms with Crippen LogP contribution < -0.4 is 5.32 Å². The summed E-state index contributed by atoms with van der Waals surface area (Å²) in [6.07, 6.45) is 1.14. The fourth-order valence-electron chi connectivity index (χ4n) is 2.40. The lowest BCUT2D eigenvalue weighted by atomic mass is 10.1. The molecular formula is C18H18BrN5O. The van der Waals surface area contributed by atoms with E-state index in [0.29, 0.717) is 18.7 Å². The number of amides is 1. The Kier molecular flexibility index (Phi) is 5.55. The summed E-state index contributed by atoms with van der Waals surface area (Å²) in [5.74, 6) is 0.561. The predicted molar refractivity (Wildman–Crippen MR) is 98.2 cm³/mol. The Hall–Kier alpha value is -2.54. The number of tetrazole rings is 1. The van der Waals surface area contributed by atoms with Gasteiger partial charge in [-0.3, -0.25) is 4.79 Å². The van der Waals surface area contributed by atoms with Crippen molar-refractivity contribution in [2.45, 2.75) is 26.3 Å². The second-order valence-electron chi connectivity index (χ2n) is 5.75. The van der Waals surface area contributed by atoms with Crippen LogP contribution in [-0.4, -0.2) is 26.1 Å². The molecule has 7 heteroatoms. The van der Waals surface area contributed by atoms with E-state index in [9.17, 15) is 4.79 Å². The summed E-state index contributed by atoms with van der Waals surface area (Å²) < 4.78 is 2.55. The van der Waals surface area contributed by atoms with Gasteiger partial charge in [0.25, 0.3) is 0 Å². The highest BCUT2D eigenvalue weighted by Gasteiger charge is 2.10. The van der Waals surface area contributed by atoms with Crippen molar-refractivity contribution in [3.63, 3.8) is 0 Å². The summed E-state index contributed by atoms with van der Waals surface area (Å²) in [5.41, 5.74) is 3.20. The molecule has 3 rings (SSSR count). The summed E-state index contributed by atoms with van der Waals surface area (Å²) in [6, 6.07) is 15.9. The van der Waals surface area contributed by atoms with Gasteiger partial charge in [-0.1, -0.05) is 51.8 Å². The average molecular weight is 400 g/mol. The number of carbonyl (C=O) groups excluding carboxylic acids is 1. The van der Waals surface area contributed by atoms with Gasteiger partial charge in [0.1, 0.15) is 0 Å². The van der Waals surface area contributed by atoms with Gasteiger partial charge in [-0.2, -0.15) is 4.68 Å². The monoisotopic (exact) mass is 399 g/mol. The normalized spacial score (nSPS) is 10.6. The minimum atomic E-state index is -0.0237. The van der Waals surface area contributed by atoms with Gasteiger partial charge >= 0.3 is 0 Å². The van der Waals surface area contributed by atoms with E-state index < -0.39 is 0 Å². The van der Waals surface area contributed by atoms with Crippen molar-refractivity contribution in [1.29, 1.82) is 0 Å². The Bertz CT molecular complexity index is 860. The van der Waals surface area contributed by atoms with Crippen LogP contribution in [0.15, 0.2) is 53.0 Å². The molecule has 6 nitrogen and oxygen atoms in total. The Morgan fingerprint density at radius 1 is 1.20 bits per heavy atom. The minimum Gasteiger partial charge on any atom is -0.349 e.